The molecule has 2 heterocycles. The van der Waals surface area contributed by atoms with E-state index in [1.165, 1.54) is 22.2 Å². The zero-order valence-electron chi connectivity index (χ0n) is 9.00. The molecule has 0 aliphatic carbocycles. The Bertz CT molecular complexity index is 425. The largest absolute Gasteiger partial charge is 0.324 e. The molecule has 1 aliphatic heterocycles. The third kappa shape index (κ3) is 2.86. The van der Waals surface area contributed by atoms with Gasteiger partial charge < -0.3 is 4.90 Å². The van der Waals surface area contributed by atoms with Crippen molar-refractivity contribution in [1.82, 2.24) is 25.0 Å². The Balaban J connectivity index is 1.87. The van der Waals surface area contributed by atoms with Crippen LogP contribution in [0.4, 0.5) is 0 Å². The van der Waals surface area contributed by atoms with E-state index in [4.69, 9.17) is 0 Å². The Morgan fingerprint density at radius 3 is 2.65 bits per heavy atom. The number of hydrogen-bond donors (Lipinski definition) is 1. The molecule has 0 aromatic carbocycles. The topological polar surface area (TPSA) is 97.2 Å². The van der Waals surface area contributed by atoms with E-state index in [9.17, 15) is 14.4 Å². The molecule has 1 aliphatic rings. The van der Waals surface area contributed by atoms with E-state index >= 15 is 0 Å². The molecule has 0 unspecified atom stereocenters. The summed E-state index contributed by atoms with van der Waals surface area (Å²) >= 11 is 0. The van der Waals surface area contributed by atoms with Crippen molar-refractivity contribution in [2.45, 2.75) is 13.0 Å². The number of hydrogen-bond acceptors (Lipinski definition) is 5. The molecule has 1 aromatic rings. The van der Waals surface area contributed by atoms with Crippen molar-refractivity contribution in [3.05, 3.63) is 12.7 Å². The molecule has 0 bridgehead atoms. The minimum Gasteiger partial charge on any atom is -0.324 e. The van der Waals surface area contributed by atoms with Crippen LogP contribution in [-0.2, 0) is 20.9 Å². The van der Waals surface area contributed by atoms with Crippen LogP contribution in [0.5, 0.6) is 0 Å². The summed E-state index contributed by atoms with van der Waals surface area (Å²) < 4.78 is 1.52. The van der Waals surface area contributed by atoms with E-state index in [1.807, 2.05) is 0 Å². The summed E-state index contributed by atoms with van der Waals surface area (Å²) in [5, 5.41) is 5.99. The fraction of sp³-hybridized carbons (Fsp3) is 0.444. The van der Waals surface area contributed by atoms with Crippen LogP contribution in [0.15, 0.2) is 12.7 Å². The molecule has 1 fully saturated rings. The van der Waals surface area contributed by atoms with E-state index in [-0.39, 0.29) is 25.4 Å². The summed E-state index contributed by atoms with van der Waals surface area (Å²) in [6.45, 7) is 0.245. The lowest BCUT2D eigenvalue weighted by Crippen LogP contribution is -2.53. The molecule has 8 nitrogen and oxygen atoms in total. The predicted molar refractivity (Wildman–Crippen MR) is 54.4 cm³/mol. The van der Waals surface area contributed by atoms with Crippen molar-refractivity contribution in [3.8, 4) is 0 Å². The summed E-state index contributed by atoms with van der Waals surface area (Å²) in [6.07, 6.45) is 3.06. The number of carbonyl (C=O) groups is 3. The highest BCUT2D eigenvalue weighted by Gasteiger charge is 2.25. The Hall–Kier alpha value is -2.25. The van der Waals surface area contributed by atoms with E-state index in [2.05, 4.69) is 15.4 Å². The third-order valence-corrected chi connectivity index (χ3v) is 2.32. The highest BCUT2D eigenvalue weighted by atomic mass is 16.2. The van der Waals surface area contributed by atoms with Gasteiger partial charge in [-0.1, -0.05) is 0 Å². The second kappa shape index (κ2) is 4.73. The lowest BCUT2D eigenvalue weighted by atomic mass is 10.3. The Labute approximate surface area is 96.6 Å². The van der Waals surface area contributed by atoms with Gasteiger partial charge in [-0.05, 0) is 0 Å². The van der Waals surface area contributed by atoms with Crippen LogP contribution >= 0.6 is 0 Å². The smallest absolute Gasteiger partial charge is 0.246 e. The first-order chi connectivity index (χ1) is 8.15. The molecule has 2 rings (SSSR count). The maximum absolute atomic E-state index is 11.7. The average Bonchev–Trinajstić information content (AvgIpc) is 2.77. The number of aromatic nitrogens is 3. The first-order valence-electron chi connectivity index (χ1n) is 5.08. The predicted octanol–water partition coefficient (Wildman–Crippen LogP) is -1.85. The maximum Gasteiger partial charge on any atom is 0.246 e. The molecular formula is C9H11N5O3. The van der Waals surface area contributed by atoms with Crippen LogP contribution in [0.2, 0.25) is 0 Å². The Morgan fingerprint density at radius 2 is 2.06 bits per heavy atom. The normalized spacial score (nSPS) is 15.9. The summed E-state index contributed by atoms with van der Waals surface area (Å²) in [5.41, 5.74) is 0. The van der Waals surface area contributed by atoms with Gasteiger partial charge >= 0.3 is 0 Å². The fourth-order valence-corrected chi connectivity index (χ4v) is 1.53. The van der Waals surface area contributed by atoms with Crippen LogP contribution in [0.3, 0.4) is 0 Å². The van der Waals surface area contributed by atoms with Crippen molar-refractivity contribution in [1.29, 1.82) is 0 Å². The fourth-order valence-electron chi connectivity index (χ4n) is 1.53. The molecule has 8 heteroatoms. The number of aryl methyl sites for hydroxylation is 1. The summed E-state index contributed by atoms with van der Waals surface area (Å²) in [4.78, 5) is 38.8. The van der Waals surface area contributed by atoms with Crippen molar-refractivity contribution in [2.24, 2.45) is 0 Å². The highest BCUT2D eigenvalue weighted by molar-refractivity contribution is 6.02. The second-order valence-electron chi connectivity index (χ2n) is 3.63. The van der Waals surface area contributed by atoms with Gasteiger partial charge in [-0.3, -0.25) is 24.4 Å². The number of imide groups is 1. The molecule has 1 N–H and O–H groups in total. The van der Waals surface area contributed by atoms with E-state index in [1.54, 1.807) is 0 Å². The van der Waals surface area contributed by atoms with Crippen LogP contribution in [0.1, 0.15) is 6.42 Å². The molecule has 0 atom stereocenters. The number of rotatable bonds is 3. The standard InChI is InChI=1S/C9H11N5O3/c15-7-3-13(4-8(16)12-7)9(17)1-2-14-6-10-5-11-14/h5-6H,1-4H2,(H,12,15,16). The maximum atomic E-state index is 11.7. The first kappa shape index (κ1) is 11.2. The number of nitrogens with zero attached hydrogens (tertiary/aromatic N) is 4. The molecule has 90 valence electrons. The zero-order valence-corrected chi connectivity index (χ0v) is 9.00. The van der Waals surface area contributed by atoms with Gasteiger partial charge in [0.2, 0.25) is 17.7 Å². The van der Waals surface area contributed by atoms with Gasteiger partial charge in [-0.2, -0.15) is 5.10 Å². The number of carbonyl (C=O) groups excluding carboxylic acids is 3. The van der Waals surface area contributed by atoms with Crippen molar-refractivity contribution < 1.29 is 14.4 Å². The molecule has 3 amide bonds. The van der Waals surface area contributed by atoms with E-state index in [0.717, 1.165) is 0 Å². The molecule has 0 spiro atoms. The van der Waals surface area contributed by atoms with Crippen LogP contribution in [-0.4, -0.2) is 50.5 Å². The van der Waals surface area contributed by atoms with Gasteiger partial charge in [0.1, 0.15) is 25.7 Å². The molecule has 1 saturated heterocycles. The van der Waals surface area contributed by atoms with Crippen molar-refractivity contribution in [3.63, 3.8) is 0 Å². The summed E-state index contributed by atoms with van der Waals surface area (Å²) in [7, 11) is 0. The molecular weight excluding hydrogens is 226 g/mol. The van der Waals surface area contributed by atoms with E-state index in [0.29, 0.717) is 6.54 Å². The van der Waals surface area contributed by atoms with Crippen LogP contribution in [0.25, 0.3) is 0 Å². The van der Waals surface area contributed by atoms with Gasteiger partial charge in [0, 0.05) is 6.42 Å². The number of amides is 3. The van der Waals surface area contributed by atoms with Crippen LogP contribution in [0, 0.1) is 0 Å². The summed E-state index contributed by atoms with van der Waals surface area (Å²) in [6, 6.07) is 0. The van der Waals surface area contributed by atoms with Gasteiger partial charge in [-0.25, -0.2) is 4.98 Å². The summed E-state index contributed by atoms with van der Waals surface area (Å²) in [5.74, 6) is -1.14. The van der Waals surface area contributed by atoms with Crippen molar-refractivity contribution in [2.75, 3.05) is 13.1 Å². The third-order valence-electron chi connectivity index (χ3n) is 2.32. The second-order valence-corrected chi connectivity index (χ2v) is 3.63. The van der Waals surface area contributed by atoms with Gasteiger partial charge in [0.15, 0.2) is 0 Å². The Morgan fingerprint density at radius 1 is 1.35 bits per heavy atom. The minimum absolute atomic E-state index is 0.0675. The monoisotopic (exact) mass is 237 g/mol. The van der Waals surface area contributed by atoms with E-state index < -0.39 is 11.8 Å². The van der Waals surface area contributed by atoms with Crippen LogP contribution < -0.4 is 5.32 Å². The van der Waals surface area contributed by atoms with Crippen molar-refractivity contribution >= 4 is 17.7 Å². The highest BCUT2D eigenvalue weighted by Crippen LogP contribution is 2.00. The molecule has 1 aromatic heterocycles. The first-order valence-corrected chi connectivity index (χ1v) is 5.08. The molecule has 17 heavy (non-hydrogen) atoms. The molecule has 0 radical (unpaired) electrons. The lowest BCUT2D eigenvalue weighted by Gasteiger charge is -2.25. The van der Waals surface area contributed by atoms with Gasteiger partial charge in [-0.15, -0.1) is 0 Å². The molecule has 0 saturated carbocycles. The SMILES string of the molecule is O=C1CN(C(=O)CCn2cncn2)CC(=O)N1. The number of piperazine rings is 1. The van der Waals surface area contributed by atoms with Gasteiger partial charge in [0.05, 0.1) is 6.54 Å². The Kier molecular flexibility index (Phi) is 3.12. The lowest BCUT2D eigenvalue weighted by molar-refractivity contribution is -0.145. The number of nitrogens with one attached hydrogen (secondary N) is 1. The average molecular weight is 237 g/mol. The minimum atomic E-state index is -0.449. The van der Waals surface area contributed by atoms with Gasteiger partial charge in [0.25, 0.3) is 0 Å². The zero-order chi connectivity index (χ0) is 12.3. The quantitative estimate of drug-likeness (QED) is 0.622.